The van der Waals surface area contributed by atoms with E-state index < -0.39 is 5.60 Å². The Kier molecular flexibility index (Phi) is 3.82. The van der Waals surface area contributed by atoms with Gasteiger partial charge in [0.05, 0.1) is 24.0 Å². The van der Waals surface area contributed by atoms with Gasteiger partial charge in [0.2, 0.25) is 0 Å². The Morgan fingerprint density at radius 2 is 2.13 bits per heavy atom. The molecular formula is C10H20N4O. The molecule has 1 N–H and O–H groups in total. The zero-order chi connectivity index (χ0) is 11.5. The molecule has 5 nitrogen and oxygen atoms in total. The zero-order valence-electron chi connectivity index (χ0n) is 9.93. The molecule has 0 bridgehead atoms. The van der Waals surface area contributed by atoms with Gasteiger partial charge in [-0.1, -0.05) is 5.21 Å². The molecule has 0 saturated carbocycles. The van der Waals surface area contributed by atoms with E-state index in [0.717, 1.165) is 18.8 Å². The molecule has 15 heavy (non-hydrogen) atoms. The second-order valence-electron chi connectivity index (χ2n) is 4.74. The highest BCUT2D eigenvalue weighted by molar-refractivity contribution is 4.98. The number of rotatable bonds is 5. The Morgan fingerprint density at radius 3 is 2.67 bits per heavy atom. The van der Waals surface area contributed by atoms with Gasteiger partial charge < -0.3 is 10.0 Å². The van der Waals surface area contributed by atoms with Crippen molar-refractivity contribution in [1.29, 1.82) is 0 Å². The van der Waals surface area contributed by atoms with Crippen LogP contribution >= 0.6 is 0 Å². The standard InChI is InChI=1S/C10H20N4O/c1-10(2,15)7-9-8-11-12-14(9)6-5-13(3)4/h8,15H,5-7H2,1-4H3. The average Bonchev–Trinajstić information content (AvgIpc) is 2.45. The van der Waals surface area contributed by atoms with Crippen molar-refractivity contribution in [2.24, 2.45) is 0 Å². The van der Waals surface area contributed by atoms with Gasteiger partial charge in [-0.15, -0.1) is 5.10 Å². The van der Waals surface area contributed by atoms with Crippen molar-refractivity contribution in [1.82, 2.24) is 19.9 Å². The lowest BCUT2D eigenvalue weighted by Crippen LogP contribution is -2.26. The predicted molar refractivity (Wildman–Crippen MR) is 58.6 cm³/mol. The molecule has 0 unspecified atom stereocenters. The van der Waals surface area contributed by atoms with Crippen LogP contribution in [0.2, 0.25) is 0 Å². The number of aliphatic hydroxyl groups is 1. The minimum absolute atomic E-state index is 0.577. The predicted octanol–water partition coefficient (Wildman–Crippen LogP) is 0.153. The molecule has 0 aliphatic rings. The van der Waals surface area contributed by atoms with E-state index in [1.807, 2.05) is 18.8 Å². The Hall–Kier alpha value is -0.940. The van der Waals surface area contributed by atoms with Gasteiger partial charge in [0, 0.05) is 13.0 Å². The maximum Gasteiger partial charge on any atom is 0.0726 e. The summed E-state index contributed by atoms with van der Waals surface area (Å²) in [6, 6.07) is 0. The summed E-state index contributed by atoms with van der Waals surface area (Å²) in [6.45, 7) is 5.30. The van der Waals surface area contributed by atoms with E-state index in [2.05, 4.69) is 15.2 Å². The largest absolute Gasteiger partial charge is 0.390 e. The van der Waals surface area contributed by atoms with Crippen molar-refractivity contribution in [2.45, 2.75) is 32.4 Å². The fraction of sp³-hybridized carbons (Fsp3) is 0.800. The molecule has 5 heteroatoms. The molecule has 0 aliphatic heterocycles. The van der Waals surface area contributed by atoms with Gasteiger partial charge in [-0.05, 0) is 27.9 Å². The van der Waals surface area contributed by atoms with E-state index >= 15 is 0 Å². The summed E-state index contributed by atoms with van der Waals surface area (Å²) in [4.78, 5) is 2.09. The molecular weight excluding hydrogens is 192 g/mol. The zero-order valence-corrected chi connectivity index (χ0v) is 9.93. The average molecular weight is 212 g/mol. The van der Waals surface area contributed by atoms with Crippen LogP contribution in [0.5, 0.6) is 0 Å². The Morgan fingerprint density at radius 1 is 1.47 bits per heavy atom. The monoisotopic (exact) mass is 212 g/mol. The molecule has 0 aromatic carbocycles. The summed E-state index contributed by atoms with van der Waals surface area (Å²) >= 11 is 0. The summed E-state index contributed by atoms with van der Waals surface area (Å²) in [7, 11) is 4.04. The van der Waals surface area contributed by atoms with Crippen molar-refractivity contribution in [3.05, 3.63) is 11.9 Å². The van der Waals surface area contributed by atoms with E-state index in [-0.39, 0.29) is 0 Å². The van der Waals surface area contributed by atoms with Crippen molar-refractivity contribution >= 4 is 0 Å². The van der Waals surface area contributed by atoms with Crippen LogP contribution in [0.15, 0.2) is 6.20 Å². The van der Waals surface area contributed by atoms with Gasteiger partial charge in [0.1, 0.15) is 0 Å². The van der Waals surface area contributed by atoms with Gasteiger partial charge in [0.25, 0.3) is 0 Å². The molecule has 1 heterocycles. The molecule has 0 spiro atoms. The van der Waals surface area contributed by atoms with Crippen LogP contribution in [-0.2, 0) is 13.0 Å². The molecule has 0 amide bonds. The van der Waals surface area contributed by atoms with Crippen LogP contribution in [0.4, 0.5) is 0 Å². The van der Waals surface area contributed by atoms with E-state index in [1.165, 1.54) is 0 Å². The number of hydrogen-bond acceptors (Lipinski definition) is 4. The van der Waals surface area contributed by atoms with Gasteiger partial charge in [0.15, 0.2) is 0 Å². The lowest BCUT2D eigenvalue weighted by atomic mass is 10.0. The minimum Gasteiger partial charge on any atom is -0.390 e. The van der Waals surface area contributed by atoms with Crippen LogP contribution in [0.3, 0.4) is 0 Å². The van der Waals surface area contributed by atoms with Crippen LogP contribution in [0.1, 0.15) is 19.5 Å². The Balaban J connectivity index is 2.61. The molecule has 1 aromatic rings. The summed E-state index contributed by atoms with van der Waals surface area (Å²) < 4.78 is 1.85. The highest BCUT2D eigenvalue weighted by Gasteiger charge is 2.16. The molecule has 0 saturated heterocycles. The van der Waals surface area contributed by atoms with E-state index in [4.69, 9.17) is 0 Å². The maximum absolute atomic E-state index is 9.71. The first-order chi connectivity index (χ1) is 6.88. The fourth-order valence-electron chi connectivity index (χ4n) is 1.34. The molecule has 0 fully saturated rings. The van der Waals surface area contributed by atoms with Crippen LogP contribution in [0, 0.1) is 0 Å². The second-order valence-corrected chi connectivity index (χ2v) is 4.74. The number of likely N-dealkylation sites (N-methyl/N-ethyl adjacent to an activating group) is 1. The SMILES string of the molecule is CN(C)CCn1nncc1CC(C)(C)O. The van der Waals surface area contributed by atoms with Gasteiger partial charge in [-0.2, -0.15) is 0 Å². The van der Waals surface area contributed by atoms with Gasteiger partial charge in [-0.25, -0.2) is 4.68 Å². The molecule has 86 valence electrons. The van der Waals surface area contributed by atoms with Crippen LogP contribution in [0.25, 0.3) is 0 Å². The maximum atomic E-state index is 9.71. The number of aromatic nitrogens is 3. The first kappa shape index (κ1) is 12.1. The number of hydrogen-bond donors (Lipinski definition) is 1. The Labute approximate surface area is 90.7 Å². The summed E-state index contributed by atoms with van der Waals surface area (Å²) in [5.41, 5.74) is 0.266. The first-order valence-corrected chi connectivity index (χ1v) is 5.13. The van der Waals surface area contributed by atoms with E-state index in [0.29, 0.717) is 6.42 Å². The highest BCUT2D eigenvalue weighted by Crippen LogP contribution is 2.10. The third-order valence-electron chi connectivity index (χ3n) is 2.07. The minimum atomic E-state index is -0.711. The second kappa shape index (κ2) is 4.72. The lowest BCUT2D eigenvalue weighted by Gasteiger charge is -2.17. The molecule has 0 atom stereocenters. The normalized spacial score (nSPS) is 12.4. The van der Waals surface area contributed by atoms with Gasteiger partial charge in [-0.3, -0.25) is 0 Å². The smallest absolute Gasteiger partial charge is 0.0726 e. The fourth-order valence-corrected chi connectivity index (χ4v) is 1.34. The quantitative estimate of drug-likeness (QED) is 0.755. The number of nitrogens with zero attached hydrogens (tertiary/aromatic N) is 4. The Bertz CT molecular complexity index is 301. The molecule has 0 radical (unpaired) electrons. The first-order valence-electron chi connectivity index (χ1n) is 5.13. The molecule has 0 aliphatic carbocycles. The van der Waals surface area contributed by atoms with Crippen LogP contribution < -0.4 is 0 Å². The highest BCUT2D eigenvalue weighted by atomic mass is 16.3. The summed E-state index contributed by atoms with van der Waals surface area (Å²) in [6.07, 6.45) is 2.29. The third kappa shape index (κ3) is 4.40. The van der Waals surface area contributed by atoms with Gasteiger partial charge >= 0.3 is 0 Å². The van der Waals surface area contributed by atoms with Crippen molar-refractivity contribution in [3.63, 3.8) is 0 Å². The van der Waals surface area contributed by atoms with E-state index in [1.54, 1.807) is 20.0 Å². The third-order valence-corrected chi connectivity index (χ3v) is 2.07. The summed E-state index contributed by atoms with van der Waals surface area (Å²) in [5, 5.41) is 17.6. The molecule has 1 rings (SSSR count). The molecule has 1 aromatic heterocycles. The van der Waals surface area contributed by atoms with Crippen molar-refractivity contribution in [3.8, 4) is 0 Å². The summed E-state index contributed by atoms with van der Waals surface area (Å²) in [5.74, 6) is 0. The van der Waals surface area contributed by atoms with Crippen LogP contribution in [-0.4, -0.2) is 51.2 Å². The van der Waals surface area contributed by atoms with Crippen molar-refractivity contribution < 1.29 is 5.11 Å². The van der Waals surface area contributed by atoms with Crippen molar-refractivity contribution in [2.75, 3.05) is 20.6 Å². The van der Waals surface area contributed by atoms with E-state index in [9.17, 15) is 5.11 Å². The lowest BCUT2D eigenvalue weighted by molar-refractivity contribution is 0.0785. The topological polar surface area (TPSA) is 54.2 Å².